The molecule has 2 fully saturated rings. The number of carbonyl (C=O) groups is 1. The zero-order chi connectivity index (χ0) is 14.2. The first kappa shape index (κ1) is 14.6. The van der Waals surface area contributed by atoms with Gasteiger partial charge >= 0.3 is 5.97 Å². The van der Waals surface area contributed by atoms with E-state index in [4.69, 9.17) is 0 Å². The minimum atomic E-state index is -0.728. The number of rotatable bonds is 2. The van der Waals surface area contributed by atoms with E-state index in [0.29, 0.717) is 16.9 Å². The number of aliphatic carboxylic acids is 1. The van der Waals surface area contributed by atoms with Crippen LogP contribution in [0.5, 0.6) is 0 Å². The third kappa shape index (κ3) is 2.59. The van der Waals surface area contributed by atoms with Gasteiger partial charge in [-0.2, -0.15) is 0 Å². The van der Waals surface area contributed by atoms with E-state index < -0.39 is 5.97 Å². The molecule has 0 unspecified atom stereocenters. The van der Waals surface area contributed by atoms with Crippen molar-refractivity contribution in [1.29, 1.82) is 0 Å². The zero-order valence-electron chi connectivity index (χ0n) is 12.8. The van der Waals surface area contributed by atoms with Crippen molar-refractivity contribution in [2.45, 2.75) is 66.2 Å². The zero-order valence-corrected chi connectivity index (χ0v) is 12.8. The molecule has 19 heavy (non-hydrogen) atoms. The first-order valence-corrected chi connectivity index (χ1v) is 7.79. The Balaban J connectivity index is 2.24. The Kier molecular flexibility index (Phi) is 4.08. The summed E-state index contributed by atoms with van der Waals surface area (Å²) < 4.78 is 0. The van der Waals surface area contributed by atoms with Gasteiger partial charge in [0.15, 0.2) is 0 Å². The largest absolute Gasteiger partial charge is 0.478 e. The summed E-state index contributed by atoms with van der Waals surface area (Å²) >= 11 is 0. The van der Waals surface area contributed by atoms with Crippen LogP contribution in [-0.4, -0.2) is 11.1 Å². The smallest absolute Gasteiger partial charge is 0.331 e. The van der Waals surface area contributed by atoms with Gasteiger partial charge in [0.05, 0.1) is 0 Å². The molecule has 0 spiro atoms. The Morgan fingerprint density at radius 2 is 2.00 bits per heavy atom. The van der Waals surface area contributed by atoms with Gasteiger partial charge in [-0.25, -0.2) is 4.79 Å². The maximum atomic E-state index is 11.2. The summed E-state index contributed by atoms with van der Waals surface area (Å²) in [4.78, 5) is 11.2. The molecule has 0 aliphatic heterocycles. The summed E-state index contributed by atoms with van der Waals surface area (Å²) in [6.07, 6.45) is 7.20. The van der Waals surface area contributed by atoms with Gasteiger partial charge in [0, 0.05) is 5.57 Å². The Labute approximate surface area is 117 Å². The van der Waals surface area contributed by atoms with Gasteiger partial charge < -0.3 is 5.11 Å². The SMILES string of the molecule is CC[C@@H]1CC[C@H]2CCC(=C(C)C(=O)O)C[C@@H]2C1(C)C. The second-order valence-electron chi connectivity index (χ2n) is 7.15. The molecular weight excluding hydrogens is 236 g/mol. The number of hydrogen-bond acceptors (Lipinski definition) is 1. The second kappa shape index (κ2) is 5.30. The van der Waals surface area contributed by atoms with E-state index >= 15 is 0 Å². The summed E-state index contributed by atoms with van der Waals surface area (Å²) in [5, 5.41) is 9.20. The standard InChI is InChI=1S/C17H28O2/c1-5-14-9-8-12-6-7-13(11(2)16(18)19)10-15(12)17(14,3)4/h12,14-15H,5-10H2,1-4H3,(H,18,19)/t12-,14-,15+/m1/s1. The van der Waals surface area contributed by atoms with Crippen LogP contribution in [0.3, 0.4) is 0 Å². The normalized spacial score (nSPS) is 36.5. The summed E-state index contributed by atoms with van der Waals surface area (Å²) in [5.74, 6) is 1.58. The molecule has 0 radical (unpaired) electrons. The van der Waals surface area contributed by atoms with E-state index in [1.807, 2.05) is 0 Å². The molecule has 2 heteroatoms. The van der Waals surface area contributed by atoms with E-state index in [2.05, 4.69) is 20.8 Å². The Bertz CT molecular complexity index is 392. The molecule has 0 aromatic carbocycles. The van der Waals surface area contributed by atoms with E-state index in [1.54, 1.807) is 6.92 Å². The first-order chi connectivity index (χ1) is 8.87. The van der Waals surface area contributed by atoms with Crippen molar-refractivity contribution in [2.24, 2.45) is 23.2 Å². The van der Waals surface area contributed by atoms with Gasteiger partial charge in [0.1, 0.15) is 0 Å². The first-order valence-electron chi connectivity index (χ1n) is 7.79. The van der Waals surface area contributed by atoms with Gasteiger partial charge in [0.2, 0.25) is 0 Å². The van der Waals surface area contributed by atoms with Crippen molar-refractivity contribution in [3.8, 4) is 0 Å². The van der Waals surface area contributed by atoms with Crippen LogP contribution in [0, 0.1) is 23.2 Å². The van der Waals surface area contributed by atoms with E-state index in [1.165, 1.54) is 31.3 Å². The predicted octanol–water partition coefficient (Wildman–Crippen LogP) is 4.65. The third-order valence-electron chi connectivity index (χ3n) is 6.09. The number of carboxylic acids is 1. The molecule has 2 rings (SSSR count). The molecule has 2 aliphatic rings. The minimum absolute atomic E-state index is 0.363. The van der Waals surface area contributed by atoms with Crippen LogP contribution >= 0.6 is 0 Å². The van der Waals surface area contributed by atoms with Crippen molar-refractivity contribution in [1.82, 2.24) is 0 Å². The van der Waals surface area contributed by atoms with Crippen molar-refractivity contribution in [3.05, 3.63) is 11.1 Å². The van der Waals surface area contributed by atoms with Crippen molar-refractivity contribution < 1.29 is 9.90 Å². The Hall–Kier alpha value is -0.790. The Morgan fingerprint density at radius 3 is 2.58 bits per heavy atom. The topological polar surface area (TPSA) is 37.3 Å². The number of hydrogen-bond donors (Lipinski definition) is 1. The van der Waals surface area contributed by atoms with Crippen LogP contribution in [-0.2, 0) is 4.79 Å². The molecule has 0 saturated heterocycles. The van der Waals surface area contributed by atoms with Crippen LogP contribution in [0.2, 0.25) is 0 Å². The van der Waals surface area contributed by atoms with Gasteiger partial charge in [-0.15, -0.1) is 0 Å². The van der Waals surface area contributed by atoms with E-state index in [-0.39, 0.29) is 0 Å². The molecule has 108 valence electrons. The molecule has 1 N–H and O–H groups in total. The lowest BCUT2D eigenvalue weighted by Gasteiger charge is -2.52. The molecule has 2 nitrogen and oxygen atoms in total. The second-order valence-corrected chi connectivity index (χ2v) is 7.15. The number of fused-ring (bicyclic) bond motifs is 1. The lowest BCUT2D eigenvalue weighted by atomic mass is 9.53. The van der Waals surface area contributed by atoms with Gasteiger partial charge in [-0.3, -0.25) is 0 Å². The fraction of sp³-hybridized carbons (Fsp3) is 0.824. The molecule has 0 amide bonds. The Morgan fingerprint density at radius 1 is 1.32 bits per heavy atom. The van der Waals surface area contributed by atoms with Gasteiger partial charge in [-0.05, 0) is 62.2 Å². The molecule has 0 bridgehead atoms. The highest BCUT2D eigenvalue weighted by molar-refractivity contribution is 5.86. The molecule has 3 atom stereocenters. The lowest BCUT2D eigenvalue weighted by molar-refractivity contribution is -0.132. The monoisotopic (exact) mass is 264 g/mol. The number of carboxylic acid groups (broad SMARTS) is 1. The number of allylic oxidation sites excluding steroid dienone is 1. The van der Waals surface area contributed by atoms with E-state index in [9.17, 15) is 9.90 Å². The fourth-order valence-electron chi connectivity index (χ4n) is 4.62. The van der Waals surface area contributed by atoms with Gasteiger partial charge in [0.25, 0.3) is 0 Å². The quantitative estimate of drug-likeness (QED) is 0.737. The predicted molar refractivity (Wildman–Crippen MR) is 78.0 cm³/mol. The van der Waals surface area contributed by atoms with Crippen LogP contribution in [0.1, 0.15) is 66.2 Å². The van der Waals surface area contributed by atoms with Gasteiger partial charge in [-0.1, -0.05) is 32.8 Å². The van der Waals surface area contributed by atoms with E-state index in [0.717, 1.165) is 24.7 Å². The summed E-state index contributed by atoms with van der Waals surface area (Å²) in [6, 6.07) is 0. The lowest BCUT2D eigenvalue weighted by Crippen LogP contribution is -2.43. The summed E-state index contributed by atoms with van der Waals surface area (Å²) in [6.45, 7) is 8.91. The molecule has 0 aromatic heterocycles. The maximum absolute atomic E-state index is 11.2. The summed E-state index contributed by atoms with van der Waals surface area (Å²) in [7, 11) is 0. The van der Waals surface area contributed by atoms with Crippen LogP contribution in [0.25, 0.3) is 0 Å². The molecule has 2 aliphatic carbocycles. The van der Waals surface area contributed by atoms with Crippen molar-refractivity contribution in [3.63, 3.8) is 0 Å². The van der Waals surface area contributed by atoms with Crippen LogP contribution in [0.15, 0.2) is 11.1 Å². The fourth-order valence-corrected chi connectivity index (χ4v) is 4.62. The third-order valence-corrected chi connectivity index (χ3v) is 6.09. The summed E-state index contributed by atoms with van der Waals surface area (Å²) in [5.41, 5.74) is 2.17. The highest BCUT2D eigenvalue weighted by atomic mass is 16.4. The average Bonchev–Trinajstić information content (AvgIpc) is 2.37. The molecular formula is C17H28O2. The highest BCUT2D eigenvalue weighted by Gasteiger charge is 2.46. The van der Waals surface area contributed by atoms with Crippen molar-refractivity contribution in [2.75, 3.05) is 0 Å². The van der Waals surface area contributed by atoms with Crippen molar-refractivity contribution >= 4 is 5.97 Å². The average molecular weight is 264 g/mol. The minimum Gasteiger partial charge on any atom is -0.478 e. The molecule has 2 saturated carbocycles. The molecule has 0 heterocycles. The molecule has 0 aromatic rings. The highest BCUT2D eigenvalue weighted by Crippen LogP contribution is 2.55. The maximum Gasteiger partial charge on any atom is 0.331 e. The van der Waals surface area contributed by atoms with Crippen LogP contribution in [0.4, 0.5) is 0 Å². The van der Waals surface area contributed by atoms with Crippen LogP contribution < -0.4 is 0 Å².